The summed E-state index contributed by atoms with van der Waals surface area (Å²) in [5.41, 5.74) is 3.14. The summed E-state index contributed by atoms with van der Waals surface area (Å²) >= 11 is 7.38. The minimum absolute atomic E-state index is 0.0181. The third kappa shape index (κ3) is 13.5. The number of Topliss-reactive ketones (excluding diaryl/α,β-unsaturated/α-hetero) is 1. The van der Waals surface area contributed by atoms with Gasteiger partial charge in [0.25, 0.3) is 11.8 Å². The van der Waals surface area contributed by atoms with Crippen molar-refractivity contribution in [2.24, 2.45) is 5.92 Å². The predicted molar refractivity (Wildman–Crippen MR) is 321 cm³/mol. The quantitative estimate of drug-likeness (QED) is 0.0829. The summed E-state index contributed by atoms with van der Waals surface area (Å²) in [5.74, 6) is -3.91. The molecule has 1 aliphatic heterocycles. The molecule has 4 N–H and O–H groups in total. The van der Waals surface area contributed by atoms with E-state index in [0.29, 0.717) is 79.5 Å². The van der Waals surface area contributed by atoms with Crippen LogP contribution in [0.3, 0.4) is 0 Å². The van der Waals surface area contributed by atoms with Gasteiger partial charge in [0.05, 0.1) is 47.8 Å². The highest BCUT2D eigenvalue weighted by Crippen LogP contribution is 2.41. The van der Waals surface area contributed by atoms with E-state index in [0.717, 1.165) is 0 Å². The lowest BCUT2D eigenvalue weighted by molar-refractivity contribution is -0.149. The first kappa shape index (κ1) is 60.0. The number of rotatable bonds is 12. The molecule has 9 aromatic rings. The summed E-state index contributed by atoms with van der Waals surface area (Å²) in [4.78, 5) is 135. The lowest BCUT2D eigenvalue weighted by Gasteiger charge is -2.26. The van der Waals surface area contributed by atoms with Gasteiger partial charge in [0.1, 0.15) is 77.4 Å². The van der Waals surface area contributed by atoms with Crippen LogP contribution in [-0.4, -0.2) is 113 Å². The first-order valence-corrected chi connectivity index (χ1v) is 31.5. The Labute approximate surface area is 509 Å². The van der Waals surface area contributed by atoms with Gasteiger partial charge in [-0.2, -0.15) is 0 Å². The maximum absolute atomic E-state index is 14.4. The van der Waals surface area contributed by atoms with Crippen LogP contribution in [0.2, 0.25) is 0 Å². The van der Waals surface area contributed by atoms with E-state index in [1.54, 1.807) is 70.3 Å². The Kier molecular flexibility index (Phi) is 18.6. The second-order valence-corrected chi connectivity index (χ2v) is 25.2. The van der Waals surface area contributed by atoms with Gasteiger partial charge in [-0.3, -0.25) is 33.3 Å². The van der Waals surface area contributed by atoms with E-state index in [1.165, 1.54) is 102 Å². The third-order valence-electron chi connectivity index (χ3n) is 13.2. The van der Waals surface area contributed by atoms with Crippen molar-refractivity contribution in [1.29, 1.82) is 0 Å². The molecule has 0 radical (unpaired) electrons. The van der Waals surface area contributed by atoms with Gasteiger partial charge in [-0.25, -0.2) is 44.7 Å². The summed E-state index contributed by atoms with van der Waals surface area (Å²) in [6.07, 6.45) is 1.69. The van der Waals surface area contributed by atoms with E-state index in [9.17, 15) is 33.6 Å². The van der Waals surface area contributed by atoms with Gasteiger partial charge in [0.15, 0.2) is 17.6 Å². The Balaban J connectivity index is 1.07. The smallest absolute Gasteiger partial charge is 0.358 e. The fourth-order valence-electron chi connectivity index (χ4n) is 9.01. The molecule has 4 atom stereocenters. The molecule has 0 spiro atoms. The van der Waals surface area contributed by atoms with Crippen LogP contribution in [0.15, 0.2) is 76.5 Å². The van der Waals surface area contributed by atoms with E-state index in [-0.39, 0.29) is 66.4 Å². The van der Waals surface area contributed by atoms with Crippen LogP contribution in [0.1, 0.15) is 137 Å². The maximum atomic E-state index is 14.4. The van der Waals surface area contributed by atoms with Gasteiger partial charge >= 0.3 is 11.9 Å². The molecule has 0 fully saturated rings. The van der Waals surface area contributed by atoms with Crippen LogP contribution < -0.4 is 21.3 Å². The van der Waals surface area contributed by atoms with Crippen LogP contribution in [0.5, 0.6) is 0 Å². The van der Waals surface area contributed by atoms with Crippen molar-refractivity contribution in [2.75, 3.05) is 27.3 Å². The number of nitrogens with one attached hydrogen (secondary N) is 4. The Bertz CT molecular complexity index is 3970. The number of thiazole rings is 6. The van der Waals surface area contributed by atoms with E-state index in [2.05, 4.69) is 26.3 Å². The van der Waals surface area contributed by atoms with Crippen LogP contribution in [0.4, 0.5) is 0 Å². The van der Waals surface area contributed by atoms with Gasteiger partial charge in [-0.1, -0.05) is 44.2 Å². The molecule has 9 heterocycles. The highest BCUT2D eigenvalue weighted by Gasteiger charge is 2.35. The molecular weight excluding hydrogens is 1210 g/mol. The number of benzene rings is 1. The summed E-state index contributed by atoms with van der Waals surface area (Å²) in [7, 11) is 2.97. The van der Waals surface area contributed by atoms with Crippen molar-refractivity contribution in [3.63, 3.8) is 0 Å². The number of nitrogens with zero attached hydrogens (tertiary/aromatic N) is 9. The van der Waals surface area contributed by atoms with Crippen molar-refractivity contribution in [3.05, 3.63) is 130 Å². The molecule has 10 bridgehead atoms. The molecule has 29 heteroatoms. The summed E-state index contributed by atoms with van der Waals surface area (Å²) in [6.45, 7) is 8.31. The molecule has 1 aromatic carbocycles. The number of carbonyl (C=O) groups is 7. The Morgan fingerprint density at radius 1 is 0.765 bits per heavy atom. The number of amides is 4. The number of aryl methyl sites for hydroxylation is 1. The Morgan fingerprint density at radius 3 is 2.25 bits per heavy atom. The summed E-state index contributed by atoms with van der Waals surface area (Å²) < 4.78 is 18.2. The van der Waals surface area contributed by atoms with Crippen molar-refractivity contribution >= 4 is 109 Å². The molecule has 23 nitrogen and oxygen atoms in total. The number of esters is 2. The van der Waals surface area contributed by atoms with Crippen LogP contribution >= 0.6 is 68.0 Å². The van der Waals surface area contributed by atoms with Gasteiger partial charge in [-0.05, 0) is 37.5 Å². The number of ether oxygens (including phenoxy) is 3. The zero-order chi connectivity index (χ0) is 60.1. The number of carbonyl (C=O) groups excluding carboxylic acids is 7. The molecule has 0 saturated heterocycles. The summed E-state index contributed by atoms with van der Waals surface area (Å²) in [6, 6.07) is 10.5. The molecule has 0 unspecified atom stereocenters. The van der Waals surface area contributed by atoms with Crippen molar-refractivity contribution < 1.29 is 47.8 Å². The fraction of sp³-hybridized carbons (Fsp3) is 0.304. The number of pyridine rings is 1. The van der Waals surface area contributed by atoms with Gasteiger partial charge < -0.3 is 35.5 Å². The van der Waals surface area contributed by atoms with Crippen LogP contribution in [-0.2, 0) is 35.2 Å². The topological polar surface area (TPSA) is 303 Å². The predicted octanol–water partition coefficient (Wildman–Crippen LogP) is 9.13. The minimum Gasteiger partial charge on any atom is -0.461 e. The van der Waals surface area contributed by atoms with Crippen molar-refractivity contribution in [3.8, 4) is 49.2 Å². The molecule has 438 valence electrons. The molecule has 10 rings (SSSR count). The molecular formula is C56H53N13O10S6. The molecule has 8 aromatic heterocycles. The summed E-state index contributed by atoms with van der Waals surface area (Å²) in [5, 5.41) is 20.8. The standard InChI is InChI=1S/C56H53N13O10S6/c1-8-78-56(76)34-19-69(25-59-34)40-24-83-52(65-40)32-15-14-30-44(60-32)35-21-81-53(62-35)37-23-82-55(64-37)46(47(79-28(5)70)29-12-10-9-11-13-29)66-42(73)18-58-49(75)45-39(20-77-7)85-51(68-45)31(26(2)3)16-38(71)43-27(4)84-54(67-43)33(17-41(72)57-6)61-48(74)36-22-80-50(30)63-36/h9-15,19,21-26,31,33,46-47H,8,16-18,20H2,1-7H3,(H,57,72)(H,58,75)(H,61,74)(H,66,73)/t31-,33+,46+,47+/m1/s1. The SMILES string of the molecule is CCOC(=O)c1cn(-c2csc(-c3ccc4c(n3)-c3csc(n3)-c3csc(n3)[C@H]([C@@H](OC(C)=O)c3ccccc3)NC(=O)CNC(=O)c3nc(sc3COC)[C@@H](C(C)C)CC(=O)c3nc(sc3C)[C@H](CC(=O)NC)NC(=O)c3csc-4n3)n2)cn1. The van der Waals surface area contributed by atoms with E-state index >= 15 is 0 Å². The van der Waals surface area contributed by atoms with Crippen molar-refractivity contribution in [1.82, 2.24) is 65.7 Å². The second-order valence-electron chi connectivity index (χ2n) is 19.4. The first-order valence-electron chi connectivity index (χ1n) is 26.3. The Hall–Kier alpha value is -8.19. The number of methoxy groups -OCH3 is 1. The Morgan fingerprint density at radius 2 is 1.49 bits per heavy atom. The minimum atomic E-state index is -1.07. The molecule has 1 aliphatic rings. The normalized spacial score (nSPS) is 16.3. The van der Waals surface area contributed by atoms with Gasteiger partial charge in [0, 0.05) is 71.6 Å². The fourth-order valence-corrected chi connectivity index (χ4v) is 14.6. The lowest BCUT2D eigenvalue weighted by Crippen LogP contribution is -2.41. The van der Waals surface area contributed by atoms with E-state index < -0.39 is 60.3 Å². The number of hydrogen-bond acceptors (Lipinski definition) is 24. The molecule has 0 saturated carbocycles. The zero-order valence-electron chi connectivity index (χ0n) is 46.5. The molecule has 0 aliphatic carbocycles. The third-order valence-corrected chi connectivity index (χ3v) is 19.0. The lowest BCUT2D eigenvalue weighted by atomic mass is 9.90. The molecule has 4 amide bonds. The van der Waals surface area contributed by atoms with Gasteiger partial charge in [0.2, 0.25) is 11.8 Å². The van der Waals surface area contributed by atoms with Crippen molar-refractivity contribution in [2.45, 2.75) is 78.2 Å². The number of imidazole rings is 1. The highest BCUT2D eigenvalue weighted by molar-refractivity contribution is 7.15. The first-order chi connectivity index (χ1) is 41.0. The number of aromatic nitrogens is 9. The second kappa shape index (κ2) is 26.4. The molecule has 85 heavy (non-hydrogen) atoms. The largest absolute Gasteiger partial charge is 0.461 e. The van der Waals surface area contributed by atoms with E-state index in [4.69, 9.17) is 49.1 Å². The number of ketones is 1. The van der Waals surface area contributed by atoms with Crippen LogP contribution in [0, 0.1) is 12.8 Å². The highest BCUT2D eigenvalue weighted by atomic mass is 32.1. The van der Waals surface area contributed by atoms with Gasteiger partial charge in [-0.15, -0.1) is 68.0 Å². The average Bonchev–Trinajstić information content (AvgIpc) is 3.98. The average molecular weight is 1260 g/mol. The number of hydrogen-bond donors (Lipinski definition) is 4. The monoisotopic (exact) mass is 1260 g/mol. The zero-order valence-corrected chi connectivity index (χ0v) is 51.4. The number of fused-ring (bicyclic) bond motifs is 14. The van der Waals surface area contributed by atoms with E-state index in [1.807, 2.05) is 26.0 Å². The maximum Gasteiger partial charge on any atom is 0.358 e. The van der Waals surface area contributed by atoms with Crippen LogP contribution in [0.25, 0.3) is 49.2 Å².